The van der Waals surface area contributed by atoms with Crippen LogP contribution in [0.5, 0.6) is 0 Å². The molecule has 2 aliphatic heterocycles. The number of hydrogen-bond donors (Lipinski definition) is 2. The Balaban J connectivity index is 0.000000821. The van der Waals surface area contributed by atoms with E-state index < -0.39 is 0 Å². The lowest BCUT2D eigenvalue weighted by molar-refractivity contribution is -0.122. The number of hydrogen-bond acceptors (Lipinski definition) is 8. The van der Waals surface area contributed by atoms with E-state index in [1.54, 1.807) is 18.6 Å². The predicted molar refractivity (Wildman–Crippen MR) is 123 cm³/mol. The van der Waals surface area contributed by atoms with Gasteiger partial charge in [-0.25, -0.2) is 14.5 Å². The van der Waals surface area contributed by atoms with Crippen molar-refractivity contribution >= 4 is 17.9 Å². The van der Waals surface area contributed by atoms with Crippen molar-refractivity contribution in [2.45, 2.75) is 45.8 Å². The molecule has 2 fully saturated rings. The van der Waals surface area contributed by atoms with Crippen LogP contribution in [0.4, 0.5) is 5.82 Å². The SMILES string of the molecule is Cc1cc(C)n2ncc(CN3CCC4(CC3)CC(O)CN(c3cnccn3)C4)c2n1.O=CO. The number of aliphatic hydroxyl groups is 1. The summed E-state index contributed by atoms with van der Waals surface area (Å²) in [7, 11) is 0. The van der Waals surface area contributed by atoms with Crippen LogP contribution in [-0.2, 0) is 11.3 Å². The molecule has 0 aliphatic carbocycles. The molecule has 3 aromatic heterocycles. The zero-order valence-corrected chi connectivity index (χ0v) is 19.1. The standard InChI is InChI=1S/C22H29N7O.CH2O2/c1-16-9-17(2)29-21(26-16)18(11-25-29)13-27-7-3-22(4-8-27)10-19(30)14-28(15-22)20-12-23-5-6-24-20;2-1-3/h5-6,9,11-12,19,30H,3-4,7-8,10,13-15H2,1-2H3;1H,(H,2,3). The zero-order chi connectivity index (χ0) is 23.4. The van der Waals surface area contributed by atoms with Gasteiger partial charge in [-0.15, -0.1) is 0 Å². The van der Waals surface area contributed by atoms with E-state index in [9.17, 15) is 5.11 Å². The summed E-state index contributed by atoms with van der Waals surface area (Å²) in [5, 5.41) is 22.0. The van der Waals surface area contributed by atoms with Gasteiger partial charge in [-0.1, -0.05) is 0 Å². The van der Waals surface area contributed by atoms with Crippen LogP contribution in [0.1, 0.15) is 36.2 Å². The first kappa shape index (κ1) is 23.1. The van der Waals surface area contributed by atoms with E-state index in [1.807, 2.05) is 17.6 Å². The Labute approximate surface area is 192 Å². The maximum Gasteiger partial charge on any atom is 0.290 e. The molecular formula is C23H31N7O3. The Morgan fingerprint density at radius 1 is 1.21 bits per heavy atom. The van der Waals surface area contributed by atoms with Crippen LogP contribution < -0.4 is 4.90 Å². The average Bonchev–Trinajstić information content (AvgIpc) is 3.19. The Hall–Kier alpha value is -3.11. The van der Waals surface area contributed by atoms with E-state index in [4.69, 9.17) is 14.9 Å². The minimum atomic E-state index is -0.318. The van der Waals surface area contributed by atoms with Crippen molar-refractivity contribution in [2.75, 3.05) is 31.1 Å². The van der Waals surface area contributed by atoms with Gasteiger partial charge < -0.3 is 15.1 Å². The van der Waals surface area contributed by atoms with Crippen molar-refractivity contribution in [3.8, 4) is 0 Å². The zero-order valence-electron chi connectivity index (χ0n) is 19.1. The van der Waals surface area contributed by atoms with E-state index in [-0.39, 0.29) is 18.0 Å². The average molecular weight is 454 g/mol. The maximum atomic E-state index is 10.6. The molecule has 5 heterocycles. The second-order valence-corrected chi connectivity index (χ2v) is 9.13. The molecule has 176 valence electrons. The number of aromatic nitrogens is 5. The smallest absolute Gasteiger partial charge is 0.290 e. The molecule has 0 radical (unpaired) electrons. The number of aryl methyl sites for hydroxylation is 2. The Kier molecular flexibility index (Phi) is 6.85. The fourth-order valence-corrected chi connectivity index (χ4v) is 5.20. The summed E-state index contributed by atoms with van der Waals surface area (Å²) < 4.78 is 1.93. The van der Waals surface area contributed by atoms with Gasteiger partial charge in [0.25, 0.3) is 6.47 Å². The number of anilines is 1. The molecule has 0 bridgehead atoms. The molecule has 0 amide bonds. The number of carbonyl (C=O) groups is 1. The van der Waals surface area contributed by atoms with Crippen molar-refractivity contribution in [1.82, 2.24) is 29.5 Å². The van der Waals surface area contributed by atoms with Crippen LogP contribution in [0.25, 0.3) is 5.65 Å². The largest absolute Gasteiger partial charge is 0.483 e. The topological polar surface area (TPSA) is 120 Å². The monoisotopic (exact) mass is 453 g/mol. The fraction of sp³-hybridized carbons (Fsp3) is 0.522. The lowest BCUT2D eigenvalue weighted by Crippen LogP contribution is -2.54. The van der Waals surface area contributed by atoms with Crippen molar-refractivity contribution < 1.29 is 15.0 Å². The van der Waals surface area contributed by atoms with E-state index in [0.717, 1.165) is 68.3 Å². The fourth-order valence-electron chi connectivity index (χ4n) is 5.20. The van der Waals surface area contributed by atoms with Gasteiger partial charge in [0.1, 0.15) is 5.82 Å². The Morgan fingerprint density at radius 2 is 1.97 bits per heavy atom. The minimum Gasteiger partial charge on any atom is -0.483 e. The molecule has 5 rings (SSSR count). The van der Waals surface area contributed by atoms with E-state index in [1.165, 1.54) is 5.56 Å². The number of nitrogens with zero attached hydrogens (tertiary/aromatic N) is 7. The van der Waals surface area contributed by atoms with Crippen LogP contribution >= 0.6 is 0 Å². The number of aliphatic hydroxyl groups excluding tert-OH is 1. The van der Waals surface area contributed by atoms with Crippen LogP contribution in [0, 0.1) is 19.3 Å². The van der Waals surface area contributed by atoms with Gasteiger partial charge in [-0.2, -0.15) is 5.10 Å². The Bertz CT molecular complexity index is 1080. The first-order valence-electron chi connectivity index (χ1n) is 11.2. The molecule has 2 saturated heterocycles. The van der Waals surface area contributed by atoms with Gasteiger partial charge in [-0.05, 0) is 57.7 Å². The number of piperidine rings is 2. The van der Waals surface area contributed by atoms with E-state index in [2.05, 4.69) is 37.9 Å². The number of rotatable bonds is 3. The highest BCUT2D eigenvalue weighted by Crippen LogP contribution is 2.41. The number of carboxylic acid groups (broad SMARTS) is 1. The number of β-amino-alcohol motifs (C(OH)–C–C–N with tert-alkyl or cyclic N) is 1. The van der Waals surface area contributed by atoms with Crippen LogP contribution in [-0.4, -0.2) is 78.4 Å². The highest BCUT2D eigenvalue weighted by Gasteiger charge is 2.42. The molecule has 3 aromatic rings. The third-order valence-electron chi connectivity index (χ3n) is 6.66. The third-order valence-corrected chi connectivity index (χ3v) is 6.66. The molecule has 0 saturated carbocycles. The second kappa shape index (κ2) is 9.80. The van der Waals surface area contributed by atoms with Crippen LogP contribution in [0.2, 0.25) is 0 Å². The summed E-state index contributed by atoms with van der Waals surface area (Å²) >= 11 is 0. The molecular weight excluding hydrogens is 422 g/mol. The normalized spacial score (nSPS) is 20.5. The van der Waals surface area contributed by atoms with Gasteiger partial charge in [0.05, 0.1) is 18.5 Å². The Morgan fingerprint density at radius 3 is 2.67 bits per heavy atom. The van der Waals surface area contributed by atoms with Crippen molar-refractivity contribution in [3.05, 3.63) is 47.8 Å². The van der Waals surface area contributed by atoms with Gasteiger partial charge in [0.2, 0.25) is 0 Å². The van der Waals surface area contributed by atoms with Crippen molar-refractivity contribution in [1.29, 1.82) is 0 Å². The lowest BCUT2D eigenvalue weighted by atomic mass is 9.71. The first-order chi connectivity index (χ1) is 15.9. The summed E-state index contributed by atoms with van der Waals surface area (Å²) in [6, 6.07) is 2.06. The number of fused-ring (bicyclic) bond motifs is 1. The van der Waals surface area contributed by atoms with Crippen LogP contribution in [0.15, 0.2) is 30.9 Å². The van der Waals surface area contributed by atoms with Crippen molar-refractivity contribution in [2.24, 2.45) is 5.41 Å². The van der Waals surface area contributed by atoms with Crippen molar-refractivity contribution in [3.63, 3.8) is 0 Å². The molecule has 0 aromatic carbocycles. The van der Waals surface area contributed by atoms with Gasteiger partial charge in [0.15, 0.2) is 5.65 Å². The quantitative estimate of drug-likeness (QED) is 0.571. The summed E-state index contributed by atoms with van der Waals surface area (Å²) in [5.41, 5.74) is 4.43. The van der Waals surface area contributed by atoms with Gasteiger partial charge >= 0.3 is 0 Å². The minimum absolute atomic E-state index is 0.137. The maximum absolute atomic E-state index is 10.6. The predicted octanol–water partition coefficient (Wildman–Crippen LogP) is 1.69. The summed E-state index contributed by atoms with van der Waals surface area (Å²) in [4.78, 5) is 26.4. The van der Waals surface area contributed by atoms with Gasteiger partial charge in [0, 0.05) is 49.0 Å². The highest BCUT2D eigenvalue weighted by atomic mass is 16.3. The highest BCUT2D eigenvalue weighted by molar-refractivity contribution is 5.48. The van der Waals surface area contributed by atoms with Gasteiger partial charge in [-0.3, -0.25) is 14.7 Å². The molecule has 1 atom stereocenters. The molecule has 10 nitrogen and oxygen atoms in total. The van der Waals surface area contributed by atoms with E-state index in [0.29, 0.717) is 6.54 Å². The first-order valence-corrected chi connectivity index (χ1v) is 11.2. The molecule has 1 spiro atoms. The molecule has 2 N–H and O–H groups in total. The summed E-state index contributed by atoms with van der Waals surface area (Å²) in [5.74, 6) is 0.862. The summed E-state index contributed by atoms with van der Waals surface area (Å²) in [6.07, 6.45) is 9.87. The second-order valence-electron chi connectivity index (χ2n) is 9.13. The number of likely N-dealkylation sites (tertiary alicyclic amines) is 1. The van der Waals surface area contributed by atoms with E-state index >= 15 is 0 Å². The molecule has 10 heteroatoms. The molecule has 1 unspecified atom stereocenters. The molecule has 2 aliphatic rings. The summed E-state index contributed by atoms with van der Waals surface area (Å²) in [6.45, 7) is 8.33. The van der Waals surface area contributed by atoms with Crippen LogP contribution in [0.3, 0.4) is 0 Å². The lowest BCUT2D eigenvalue weighted by Gasteiger charge is -2.49. The third kappa shape index (κ3) is 5.12. The molecule has 33 heavy (non-hydrogen) atoms.